The molecule has 3 heterocycles. The number of hydrogen-bond acceptors (Lipinski definition) is 4. The average Bonchev–Trinajstić information content (AvgIpc) is 3.87. The van der Waals surface area contributed by atoms with Crippen molar-refractivity contribution in [2.24, 2.45) is 0 Å². The number of pyridine rings is 1. The largest absolute Gasteiger partial charge is 0.507 e. The van der Waals surface area contributed by atoms with Gasteiger partial charge in [0.15, 0.2) is 0 Å². The van der Waals surface area contributed by atoms with Gasteiger partial charge in [-0.2, -0.15) is 0 Å². The molecular weight excluding hydrogens is 1010 g/mol. The standard InChI is InChI=1S/C62H60N3O2.Pt/c1-59(2,3)41-26-27-50(47(34-41)37-19-14-13-15-20-37)65-51-24-18-23-45(55(51)64-58(65)48-35-43(61(7,8)9)36-49(56(48)66)62(10,11)12)39-31-40(33-42(32-39)60(4,5)6)54-57-46(29-30-63-54)53-44-22-17-16-21-38(44)25-28-52(53)67-57;/h13-30,32-36,66H,1-12H3;/q-1;. The molecule has 6 heteroatoms. The summed E-state index contributed by atoms with van der Waals surface area (Å²) in [7, 11) is 0. The number of hydrogen-bond donors (Lipinski definition) is 1. The van der Waals surface area contributed by atoms with Gasteiger partial charge in [-0.1, -0.05) is 179 Å². The van der Waals surface area contributed by atoms with Gasteiger partial charge in [0, 0.05) is 54.9 Å². The third-order valence-electron chi connectivity index (χ3n) is 13.5. The Morgan fingerprint density at radius 1 is 0.559 bits per heavy atom. The summed E-state index contributed by atoms with van der Waals surface area (Å²) in [5.74, 6) is 0.915. The number of rotatable bonds is 5. The molecule has 0 saturated carbocycles. The van der Waals surface area contributed by atoms with Crippen molar-refractivity contribution < 1.29 is 30.6 Å². The topological polar surface area (TPSA) is 64.1 Å². The van der Waals surface area contributed by atoms with Gasteiger partial charge in [0.1, 0.15) is 22.7 Å². The number of furan rings is 1. The monoisotopic (exact) mass is 1070 g/mol. The summed E-state index contributed by atoms with van der Waals surface area (Å²) in [6, 6.07) is 51.3. The zero-order chi connectivity index (χ0) is 47.4. The molecule has 0 unspecified atom stereocenters. The van der Waals surface area contributed by atoms with Crippen LogP contribution in [0.4, 0.5) is 0 Å². The fraction of sp³-hybridized carbons (Fsp3) is 0.258. The third kappa shape index (κ3) is 8.17. The first-order chi connectivity index (χ1) is 31.7. The predicted octanol–water partition coefficient (Wildman–Crippen LogP) is 16.8. The van der Waals surface area contributed by atoms with E-state index in [1.165, 1.54) is 10.9 Å². The van der Waals surface area contributed by atoms with Gasteiger partial charge in [-0.3, -0.25) is 9.55 Å². The number of aromatic nitrogens is 3. The van der Waals surface area contributed by atoms with E-state index in [2.05, 4.69) is 227 Å². The van der Waals surface area contributed by atoms with E-state index in [0.717, 1.165) is 94.2 Å². The van der Waals surface area contributed by atoms with Crippen molar-refractivity contribution in [2.75, 3.05) is 0 Å². The fourth-order valence-electron chi connectivity index (χ4n) is 9.54. The Kier molecular flexibility index (Phi) is 11.5. The Hall–Kier alpha value is -6.29. The molecule has 346 valence electrons. The summed E-state index contributed by atoms with van der Waals surface area (Å²) in [5.41, 5.74) is 14.1. The summed E-state index contributed by atoms with van der Waals surface area (Å²) < 4.78 is 9.01. The Balaban J connectivity index is 0.00000578. The molecule has 1 N–H and O–H groups in total. The smallest absolute Gasteiger partial charge is 0.148 e. The van der Waals surface area contributed by atoms with Crippen molar-refractivity contribution in [1.82, 2.24) is 14.5 Å². The molecule has 3 aromatic heterocycles. The van der Waals surface area contributed by atoms with Crippen molar-refractivity contribution in [2.45, 2.75) is 105 Å². The van der Waals surface area contributed by atoms with Gasteiger partial charge in [0.2, 0.25) is 0 Å². The molecule has 0 radical (unpaired) electrons. The molecule has 0 saturated heterocycles. The molecule has 0 spiro atoms. The quantitative estimate of drug-likeness (QED) is 0.174. The van der Waals surface area contributed by atoms with E-state index in [9.17, 15) is 5.11 Å². The molecule has 7 aromatic carbocycles. The SMILES string of the molecule is CC(C)(C)c1cc(-c2cccc3c2nc(-c2cc(C(C)(C)C)cc(C(C)(C)C)c2O)n3-c2ccc(C(C)(C)C)cc2-c2ccccc2)[c-]c(-c2nccc3c2oc2ccc4ccccc4c23)c1.[Pt]. The zero-order valence-electron chi connectivity index (χ0n) is 41.3. The Morgan fingerprint density at radius 3 is 1.93 bits per heavy atom. The van der Waals surface area contributed by atoms with Crippen LogP contribution < -0.4 is 0 Å². The second kappa shape index (κ2) is 16.7. The van der Waals surface area contributed by atoms with Gasteiger partial charge < -0.3 is 9.52 Å². The Morgan fingerprint density at radius 2 is 1.22 bits per heavy atom. The minimum Gasteiger partial charge on any atom is -0.507 e. The zero-order valence-corrected chi connectivity index (χ0v) is 43.6. The first-order valence-electron chi connectivity index (χ1n) is 23.5. The molecule has 0 aliphatic heterocycles. The van der Waals surface area contributed by atoms with Crippen LogP contribution in [-0.4, -0.2) is 19.6 Å². The number of benzene rings is 7. The van der Waals surface area contributed by atoms with Crippen molar-refractivity contribution in [3.63, 3.8) is 0 Å². The van der Waals surface area contributed by atoms with Crippen molar-refractivity contribution in [3.8, 4) is 56.3 Å². The number of imidazole rings is 1. The number of aromatic hydroxyl groups is 1. The first-order valence-corrected chi connectivity index (χ1v) is 23.5. The number of nitrogens with zero attached hydrogens (tertiary/aromatic N) is 3. The third-order valence-corrected chi connectivity index (χ3v) is 13.5. The second-order valence-electron chi connectivity index (χ2n) is 22.5. The molecule has 10 rings (SSSR count). The molecule has 0 bridgehead atoms. The van der Waals surface area contributed by atoms with Crippen molar-refractivity contribution in [3.05, 3.63) is 168 Å². The molecule has 0 fully saturated rings. The van der Waals surface area contributed by atoms with Crippen LogP contribution >= 0.6 is 0 Å². The average molecular weight is 1070 g/mol. The molecule has 0 aliphatic rings. The minimum absolute atomic E-state index is 0. The second-order valence-corrected chi connectivity index (χ2v) is 22.5. The summed E-state index contributed by atoms with van der Waals surface area (Å²) >= 11 is 0. The van der Waals surface area contributed by atoms with Crippen LogP contribution in [0, 0.1) is 6.07 Å². The van der Waals surface area contributed by atoms with E-state index < -0.39 is 0 Å². The van der Waals surface area contributed by atoms with Gasteiger partial charge >= 0.3 is 0 Å². The maximum absolute atomic E-state index is 12.6. The Labute approximate surface area is 415 Å². The predicted molar refractivity (Wildman–Crippen MR) is 281 cm³/mol. The van der Waals surface area contributed by atoms with E-state index in [-0.39, 0.29) is 48.5 Å². The summed E-state index contributed by atoms with van der Waals surface area (Å²) in [4.78, 5) is 10.7. The molecule has 68 heavy (non-hydrogen) atoms. The Bertz CT molecular complexity index is 3570. The van der Waals surface area contributed by atoms with E-state index in [4.69, 9.17) is 14.4 Å². The van der Waals surface area contributed by atoms with Crippen LogP contribution in [0.2, 0.25) is 0 Å². The van der Waals surface area contributed by atoms with Gasteiger partial charge in [-0.25, -0.2) is 4.98 Å². The van der Waals surface area contributed by atoms with Gasteiger partial charge in [-0.15, -0.1) is 29.3 Å². The van der Waals surface area contributed by atoms with Crippen LogP contribution in [0.5, 0.6) is 5.75 Å². The summed E-state index contributed by atoms with van der Waals surface area (Å²) in [6.45, 7) is 26.7. The summed E-state index contributed by atoms with van der Waals surface area (Å²) in [5, 5.41) is 17.0. The van der Waals surface area contributed by atoms with Crippen molar-refractivity contribution >= 4 is 43.7 Å². The minimum atomic E-state index is -0.339. The van der Waals surface area contributed by atoms with Crippen LogP contribution in [0.1, 0.15) is 105 Å². The molecule has 0 aliphatic carbocycles. The number of phenolic OH excluding ortho intramolecular Hbond substituents is 1. The molecule has 0 amide bonds. The van der Waals surface area contributed by atoms with Crippen LogP contribution in [0.3, 0.4) is 0 Å². The van der Waals surface area contributed by atoms with E-state index in [1.807, 2.05) is 6.20 Å². The number of para-hydroxylation sites is 1. The molecule has 0 atom stereocenters. The van der Waals surface area contributed by atoms with Crippen LogP contribution in [-0.2, 0) is 42.7 Å². The molecule has 10 aromatic rings. The van der Waals surface area contributed by atoms with Crippen LogP contribution in [0.25, 0.3) is 94.3 Å². The van der Waals surface area contributed by atoms with Gasteiger partial charge in [-0.05, 0) is 85.5 Å². The van der Waals surface area contributed by atoms with Crippen LogP contribution in [0.15, 0.2) is 144 Å². The summed E-state index contributed by atoms with van der Waals surface area (Å²) in [6.07, 6.45) is 1.89. The number of fused-ring (bicyclic) bond motifs is 6. The van der Waals surface area contributed by atoms with E-state index in [1.54, 1.807) is 0 Å². The molecule has 5 nitrogen and oxygen atoms in total. The van der Waals surface area contributed by atoms with E-state index >= 15 is 0 Å². The first kappa shape index (κ1) is 46.8. The van der Waals surface area contributed by atoms with Crippen molar-refractivity contribution in [1.29, 1.82) is 0 Å². The van der Waals surface area contributed by atoms with Gasteiger partial charge in [0.05, 0.1) is 22.3 Å². The normalized spacial score (nSPS) is 12.6. The van der Waals surface area contributed by atoms with Gasteiger partial charge in [0.25, 0.3) is 0 Å². The molecular formula is C62H60N3O2Pt-. The maximum atomic E-state index is 12.6. The fourth-order valence-corrected chi connectivity index (χ4v) is 9.54. The number of phenols is 1. The van der Waals surface area contributed by atoms with E-state index in [0.29, 0.717) is 11.4 Å². The maximum Gasteiger partial charge on any atom is 0.148 e.